The molecule has 0 saturated carbocycles. The van der Waals surface area contributed by atoms with E-state index >= 15 is 0 Å². The van der Waals surface area contributed by atoms with Gasteiger partial charge in [0.05, 0.1) is 0 Å². The Hall–Kier alpha value is -2.93. The summed E-state index contributed by atoms with van der Waals surface area (Å²) in [4.78, 5) is 0. The molecule has 1 N–H and O–H groups in total. The molecule has 0 amide bonds. The third-order valence-corrected chi connectivity index (χ3v) is 3.41. The van der Waals surface area contributed by atoms with Crippen molar-refractivity contribution in [2.24, 2.45) is 0 Å². The summed E-state index contributed by atoms with van der Waals surface area (Å²) < 4.78 is 0. The van der Waals surface area contributed by atoms with Crippen LogP contribution in [0.2, 0.25) is 0 Å². The Morgan fingerprint density at radius 1 is 0.952 bits per heavy atom. The molecular formula is C17H14N4. The smallest absolute Gasteiger partial charge is 0.163 e. The van der Waals surface area contributed by atoms with Crippen LogP contribution >= 0.6 is 0 Å². The van der Waals surface area contributed by atoms with Gasteiger partial charge in [-0.2, -0.15) is 5.26 Å². The van der Waals surface area contributed by atoms with Crippen molar-refractivity contribution >= 4 is 0 Å². The zero-order chi connectivity index (χ0) is 14.5. The highest BCUT2D eigenvalue weighted by atomic mass is 15.3. The van der Waals surface area contributed by atoms with Gasteiger partial charge in [0, 0.05) is 5.56 Å². The van der Waals surface area contributed by atoms with Crippen molar-refractivity contribution in [2.45, 2.75) is 12.8 Å². The van der Waals surface area contributed by atoms with Crippen LogP contribution in [0.4, 0.5) is 0 Å². The number of aryl methyl sites for hydroxylation is 2. The molecule has 0 aliphatic rings. The SMILES string of the molecule is N#Cc1[nH]nnc1-c1cccc(CCc2ccccc2)c1. The first-order chi connectivity index (χ1) is 10.4. The highest BCUT2D eigenvalue weighted by Gasteiger charge is 2.09. The Morgan fingerprint density at radius 2 is 1.71 bits per heavy atom. The first kappa shape index (κ1) is 13.1. The average Bonchev–Trinajstić information content (AvgIpc) is 3.03. The Kier molecular flexibility index (Phi) is 3.74. The number of hydrogen-bond acceptors (Lipinski definition) is 3. The highest BCUT2D eigenvalue weighted by molar-refractivity contribution is 5.64. The first-order valence-corrected chi connectivity index (χ1v) is 6.81. The van der Waals surface area contributed by atoms with Gasteiger partial charge in [-0.25, -0.2) is 5.10 Å². The molecule has 0 spiro atoms. The van der Waals surface area contributed by atoms with Crippen molar-refractivity contribution in [2.75, 3.05) is 0 Å². The summed E-state index contributed by atoms with van der Waals surface area (Å²) in [6, 6.07) is 20.6. The molecule has 0 aliphatic heterocycles. The van der Waals surface area contributed by atoms with Crippen molar-refractivity contribution in [3.8, 4) is 17.3 Å². The van der Waals surface area contributed by atoms with E-state index in [1.165, 1.54) is 11.1 Å². The van der Waals surface area contributed by atoms with Crippen LogP contribution in [0.5, 0.6) is 0 Å². The van der Waals surface area contributed by atoms with Crippen LogP contribution in [0.25, 0.3) is 11.3 Å². The number of aromatic nitrogens is 3. The van der Waals surface area contributed by atoms with E-state index in [9.17, 15) is 0 Å². The van der Waals surface area contributed by atoms with E-state index in [0.29, 0.717) is 11.4 Å². The molecule has 3 aromatic rings. The lowest BCUT2D eigenvalue weighted by atomic mass is 10.0. The van der Waals surface area contributed by atoms with Crippen LogP contribution < -0.4 is 0 Å². The third kappa shape index (κ3) is 2.98. The summed E-state index contributed by atoms with van der Waals surface area (Å²) >= 11 is 0. The van der Waals surface area contributed by atoms with Gasteiger partial charge in [0.25, 0.3) is 0 Å². The fraction of sp³-hybridized carbons (Fsp3) is 0.118. The number of nitrogens with zero attached hydrogens (tertiary/aromatic N) is 3. The minimum atomic E-state index is 0.398. The Labute approximate surface area is 123 Å². The summed E-state index contributed by atoms with van der Waals surface area (Å²) in [5.74, 6) is 0. The second kappa shape index (κ2) is 6.02. The molecule has 0 bridgehead atoms. The third-order valence-electron chi connectivity index (χ3n) is 3.41. The van der Waals surface area contributed by atoms with Crippen LogP contribution in [0, 0.1) is 11.3 Å². The first-order valence-electron chi connectivity index (χ1n) is 6.81. The quantitative estimate of drug-likeness (QED) is 0.795. The van der Waals surface area contributed by atoms with Crippen molar-refractivity contribution in [3.63, 3.8) is 0 Å². The van der Waals surface area contributed by atoms with Crippen LogP contribution in [0.3, 0.4) is 0 Å². The number of nitriles is 1. The number of nitrogens with one attached hydrogen (secondary N) is 1. The molecule has 4 nitrogen and oxygen atoms in total. The van der Waals surface area contributed by atoms with Gasteiger partial charge in [-0.05, 0) is 30.0 Å². The molecule has 0 radical (unpaired) electrons. The zero-order valence-electron chi connectivity index (χ0n) is 11.5. The van der Waals surface area contributed by atoms with Gasteiger partial charge >= 0.3 is 0 Å². The minimum Gasteiger partial charge on any atom is -0.247 e. The van der Waals surface area contributed by atoms with E-state index in [4.69, 9.17) is 5.26 Å². The van der Waals surface area contributed by atoms with E-state index in [2.05, 4.69) is 57.9 Å². The number of rotatable bonds is 4. The normalized spacial score (nSPS) is 10.2. The molecule has 0 atom stereocenters. The fourth-order valence-corrected chi connectivity index (χ4v) is 2.32. The van der Waals surface area contributed by atoms with Crippen LogP contribution in [0.15, 0.2) is 54.6 Å². The van der Waals surface area contributed by atoms with Crippen LogP contribution in [-0.4, -0.2) is 15.4 Å². The van der Waals surface area contributed by atoms with Crippen molar-refractivity contribution in [1.82, 2.24) is 15.4 Å². The summed E-state index contributed by atoms with van der Waals surface area (Å²) in [5.41, 5.74) is 4.48. The highest BCUT2D eigenvalue weighted by Crippen LogP contribution is 2.21. The number of hydrogen-bond donors (Lipinski definition) is 1. The van der Waals surface area contributed by atoms with Gasteiger partial charge in [0.15, 0.2) is 5.69 Å². The zero-order valence-corrected chi connectivity index (χ0v) is 11.5. The van der Waals surface area contributed by atoms with Gasteiger partial charge < -0.3 is 0 Å². The molecule has 4 heteroatoms. The second-order valence-corrected chi connectivity index (χ2v) is 4.83. The van der Waals surface area contributed by atoms with Gasteiger partial charge in [-0.1, -0.05) is 53.7 Å². The Balaban J connectivity index is 1.79. The Morgan fingerprint density at radius 3 is 2.52 bits per heavy atom. The summed E-state index contributed by atoms with van der Waals surface area (Å²) in [6.45, 7) is 0. The van der Waals surface area contributed by atoms with Crippen molar-refractivity contribution in [3.05, 3.63) is 71.4 Å². The van der Waals surface area contributed by atoms with Crippen molar-refractivity contribution < 1.29 is 0 Å². The van der Waals surface area contributed by atoms with E-state index < -0.39 is 0 Å². The van der Waals surface area contributed by atoms with Crippen LogP contribution in [-0.2, 0) is 12.8 Å². The number of aromatic amines is 1. The van der Waals surface area contributed by atoms with Gasteiger partial charge in [0.1, 0.15) is 11.8 Å². The minimum absolute atomic E-state index is 0.398. The molecule has 1 aromatic heterocycles. The van der Waals surface area contributed by atoms with E-state index in [0.717, 1.165) is 18.4 Å². The molecule has 102 valence electrons. The lowest BCUT2D eigenvalue weighted by molar-refractivity contribution is 0.936. The molecule has 3 rings (SSSR count). The maximum absolute atomic E-state index is 9.03. The van der Waals surface area contributed by atoms with E-state index in [-0.39, 0.29) is 0 Å². The van der Waals surface area contributed by atoms with Crippen LogP contribution in [0.1, 0.15) is 16.8 Å². The molecule has 0 unspecified atom stereocenters. The summed E-state index contributed by atoms with van der Waals surface area (Å²) in [5, 5.41) is 19.3. The lowest BCUT2D eigenvalue weighted by Crippen LogP contribution is -1.92. The van der Waals surface area contributed by atoms with E-state index in [1.807, 2.05) is 18.2 Å². The monoisotopic (exact) mass is 274 g/mol. The predicted molar refractivity (Wildman–Crippen MR) is 80.4 cm³/mol. The largest absolute Gasteiger partial charge is 0.247 e. The Bertz CT molecular complexity index is 769. The number of H-pyrrole nitrogens is 1. The molecule has 0 aliphatic carbocycles. The standard InChI is InChI=1S/C17H14N4/c18-12-16-17(20-21-19-16)15-8-4-7-14(11-15)10-9-13-5-2-1-3-6-13/h1-8,11H,9-10H2,(H,19,20,21). The number of benzene rings is 2. The van der Waals surface area contributed by atoms with Gasteiger partial charge in [0.2, 0.25) is 0 Å². The molecule has 2 aromatic carbocycles. The summed E-state index contributed by atoms with van der Waals surface area (Å²) in [7, 11) is 0. The second-order valence-electron chi connectivity index (χ2n) is 4.83. The molecule has 0 saturated heterocycles. The molecule has 0 fully saturated rings. The molecule has 21 heavy (non-hydrogen) atoms. The van der Waals surface area contributed by atoms with E-state index in [1.54, 1.807) is 0 Å². The summed E-state index contributed by atoms with van der Waals surface area (Å²) in [6.07, 6.45) is 1.95. The fourth-order valence-electron chi connectivity index (χ4n) is 2.32. The molecular weight excluding hydrogens is 260 g/mol. The molecule has 1 heterocycles. The predicted octanol–water partition coefficient (Wildman–Crippen LogP) is 3.13. The average molecular weight is 274 g/mol. The lowest BCUT2D eigenvalue weighted by Gasteiger charge is -2.04. The maximum Gasteiger partial charge on any atom is 0.163 e. The van der Waals surface area contributed by atoms with Crippen molar-refractivity contribution in [1.29, 1.82) is 5.26 Å². The van der Waals surface area contributed by atoms with Gasteiger partial charge in [-0.3, -0.25) is 0 Å². The maximum atomic E-state index is 9.03. The topological polar surface area (TPSA) is 65.4 Å². The van der Waals surface area contributed by atoms with Gasteiger partial charge in [-0.15, -0.1) is 5.10 Å².